The molecule has 10 heteroatoms. The fourth-order valence-electron chi connectivity index (χ4n) is 3.34. The standard InChI is InChI=1S/C24H33N3O6S/c1-6-14-25-24(29)18(2)26(16-19-10-8-7-9-11-19)23(28)17-27(34(5,30)31)21-13-12-20(32-3)15-22(21)33-4/h7-13,15,18H,6,14,16-17H2,1-5H3,(H,25,29)/t18-/m0/s1. The van der Waals surface area contributed by atoms with Crippen LogP contribution in [0.4, 0.5) is 5.69 Å². The molecule has 1 atom stereocenters. The highest BCUT2D eigenvalue weighted by atomic mass is 32.2. The normalized spacial score (nSPS) is 11.9. The van der Waals surface area contributed by atoms with Crippen LogP contribution >= 0.6 is 0 Å². The molecule has 0 aromatic heterocycles. The largest absolute Gasteiger partial charge is 0.497 e. The molecule has 9 nitrogen and oxygen atoms in total. The van der Waals surface area contributed by atoms with Gasteiger partial charge in [0.1, 0.15) is 24.1 Å². The first-order valence-electron chi connectivity index (χ1n) is 10.9. The van der Waals surface area contributed by atoms with Crippen molar-refractivity contribution in [3.05, 3.63) is 54.1 Å². The average Bonchev–Trinajstić information content (AvgIpc) is 2.83. The molecular weight excluding hydrogens is 458 g/mol. The molecule has 0 heterocycles. The van der Waals surface area contributed by atoms with E-state index in [1.54, 1.807) is 19.1 Å². The molecule has 2 amide bonds. The minimum Gasteiger partial charge on any atom is -0.497 e. The van der Waals surface area contributed by atoms with Crippen molar-refractivity contribution < 1.29 is 27.5 Å². The van der Waals surface area contributed by atoms with Gasteiger partial charge in [0.25, 0.3) is 0 Å². The summed E-state index contributed by atoms with van der Waals surface area (Å²) in [6, 6.07) is 13.1. The molecule has 34 heavy (non-hydrogen) atoms. The van der Waals surface area contributed by atoms with E-state index in [-0.39, 0.29) is 23.9 Å². The zero-order valence-corrected chi connectivity index (χ0v) is 21.1. The van der Waals surface area contributed by atoms with E-state index in [9.17, 15) is 18.0 Å². The number of hydrogen-bond donors (Lipinski definition) is 1. The first kappa shape index (κ1) is 27.0. The summed E-state index contributed by atoms with van der Waals surface area (Å²) >= 11 is 0. The average molecular weight is 492 g/mol. The van der Waals surface area contributed by atoms with Crippen molar-refractivity contribution in [2.75, 3.05) is 37.9 Å². The van der Waals surface area contributed by atoms with Gasteiger partial charge in [-0.3, -0.25) is 13.9 Å². The number of sulfonamides is 1. The van der Waals surface area contributed by atoms with Gasteiger partial charge in [-0.2, -0.15) is 0 Å². The quantitative estimate of drug-likeness (QED) is 0.489. The maximum Gasteiger partial charge on any atom is 0.244 e. The van der Waals surface area contributed by atoms with Gasteiger partial charge < -0.3 is 19.7 Å². The van der Waals surface area contributed by atoms with Crippen LogP contribution in [0.25, 0.3) is 0 Å². The summed E-state index contributed by atoms with van der Waals surface area (Å²) in [5.74, 6) is -0.112. The van der Waals surface area contributed by atoms with Crippen LogP contribution in [0.1, 0.15) is 25.8 Å². The van der Waals surface area contributed by atoms with Crippen molar-refractivity contribution in [2.24, 2.45) is 0 Å². The molecule has 2 aromatic rings. The topological polar surface area (TPSA) is 105 Å². The van der Waals surface area contributed by atoms with E-state index < -0.39 is 28.5 Å². The Kier molecular flexibility index (Phi) is 9.73. The van der Waals surface area contributed by atoms with E-state index in [4.69, 9.17) is 9.47 Å². The fraction of sp³-hybridized carbons (Fsp3) is 0.417. The molecule has 2 rings (SSSR count). The van der Waals surface area contributed by atoms with E-state index >= 15 is 0 Å². The van der Waals surface area contributed by atoms with Crippen molar-refractivity contribution in [3.63, 3.8) is 0 Å². The lowest BCUT2D eigenvalue weighted by Gasteiger charge is -2.31. The number of methoxy groups -OCH3 is 2. The van der Waals surface area contributed by atoms with Crippen LogP contribution < -0.4 is 19.1 Å². The third kappa shape index (κ3) is 7.11. The van der Waals surface area contributed by atoms with E-state index in [2.05, 4.69) is 5.32 Å². The maximum atomic E-state index is 13.5. The Morgan fingerprint density at radius 3 is 2.29 bits per heavy atom. The van der Waals surface area contributed by atoms with E-state index in [1.165, 1.54) is 25.2 Å². The lowest BCUT2D eigenvalue weighted by molar-refractivity contribution is -0.139. The minimum atomic E-state index is -3.87. The smallest absolute Gasteiger partial charge is 0.244 e. The lowest BCUT2D eigenvalue weighted by atomic mass is 10.1. The summed E-state index contributed by atoms with van der Waals surface area (Å²) in [7, 11) is -0.977. The van der Waals surface area contributed by atoms with Gasteiger partial charge >= 0.3 is 0 Å². The van der Waals surface area contributed by atoms with E-state index in [1.807, 2.05) is 37.3 Å². The van der Waals surface area contributed by atoms with Crippen LogP contribution in [-0.2, 0) is 26.2 Å². The van der Waals surface area contributed by atoms with Gasteiger partial charge in [0.2, 0.25) is 21.8 Å². The molecule has 2 aromatic carbocycles. The van der Waals surface area contributed by atoms with Crippen LogP contribution in [-0.4, -0.2) is 64.7 Å². The molecule has 186 valence electrons. The van der Waals surface area contributed by atoms with Crippen LogP contribution in [0.2, 0.25) is 0 Å². The van der Waals surface area contributed by atoms with Gasteiger partial charge in [0, 0.05) is 19.2 Å². The third-order valence-corrected chi connectivity index (χ3v) is 6.37. The molecule has 0 aliphatic heterocycles. The number of rotatable bonds is 12. The van der Waals surface area contributed by atoms with Crippen molar-refractivity contribution in [3.8, 4) is 11.5 Å². The second-order valence-corrected chi connectivity index (χ2v) is 9.69. The first-order valence-corrected chi connectivity index (χ1v) is 12.8. The zero-order valence-electron chi connectivity index (χ0n) is 20.3. The molecule has 0 fully saturated rings. The van der Waals surface area contributed by atoms with Gasteiger partial charge in [0.05, 0.1) is 26.2 Å². The molecule has 0 saturated carbocycles. The molecule has 1 N–H and O–H groups in total. The Labute approximate surface area is 201 Å². The number of amides is 2. The Balaban J connectivity index is 2.42. The maximum absolute atomic E-state index is 13.5. The Hall–Kier alpha value is -3.27. The molecule has 0 aliphatic rings. The van der Waals surface area contributed by atoms with E-state index in [0.717, 1.165) is 22.5 Å². The highest BCUT2D eigenvalue weighted by Gasteiger charge is 2.31. The van der Waals surface area contributed by atoms with Crippen LogP contribution in [0.5, 0.6) is 11.5 Å². The molecular formula is C24H33N3O6S. The van der Waals surface area contributed by atoms with Gasteiger partial charge in [-0.1, -0.05) is 37.3 Å². The number of benzene rings is 2. The summed E-state index contributed by atoms with van der Waals surface area (Å²) in [6.45, 7) is 3.70. The van der Waals surface area contributed by atoms with Gasteiger partial charge in [0.15, 0.2) is 0 Å². The van der Waals surface area contributed by atoms with Crippen molar-refractivity contribution in [2.45, 2.75) is 32.9 Å². The molecule has 0 bridgehead atoms. The van der Waals surface area contributed by atoms with Crippen molar-refractivity contribution in [1.82, 2.24) is 10.2 Å². The second-order valence-electron chi connectivity index (χ2n) is 7.78. The number of hydrogen-bond acceptors (Lipinski definition) is 6. The molecule has 0 unspecified atom stereocenters. The van der Waals surface area contributed by atoms with Gasteiger partial charge in [-0.15, -0.1) is 0 Å². The predicted octanol–water partition coefficient (Wildman–Crippen LogP) is 2.41. The number of carbonyl (C=O) groups is 2. The summed E-state index contributed by atoms with van der Waals surface area (Å²) < 4.78 is 36.9. The third-order valence-electron chi connectivity index (χ3n) is 5.25. The molecule has 0 radical (unpaired) electrons. The summed E-state index contributed by atoms with van der Waals surface area (Å²) in [4.78, 5) is 27.6. The van der Waals surface area contributed by atoms with Crippen molar-refractivity contribution in [1.29, 1.82) is 0 Å². The minimum absolute atomic E-state index is 0.151. The van der Waals surface area contributed by atoms with Gasteiger partial charge in [-0.25, -0.2) is 8.42 Å². The number of nitrogens with one attached hydrogen (secondary N) is 1. The predicted molar refractivity (Wildman–Crippen MR) is 131 cm³/mol. The highest BCUT2D eigenvalue weighted by molar-refractivity contribution is 7.92. The van der Waals surface area contributed by atoms with Crippen LogP contribution in [0.3, 0.4) is 0 Å². The van der Waals surface area contributed by atoms with Gasteiger partial charge in [-0.05, 0) is 31.0 Å². The van der Waals surface area contributed by atoms with E-state index in [0.29, 0.717) is 12.3 Å². The number of nitrogens with zero attached hydrogens (tertiary/aromatic N) is 2. The zero-order chi connectivity index (χ0) is 25.3. The molecule has 0 aliphatic carbocycles. The molecule has 0 saturated heterocycles. The first-order chi connectivity index (χ1) is 16.1. The van der Waals surface area contributed by atoms with Crippen LogP contribution in [0.15, 0.2) is 48.5 Å². The summed E-state index contributed by atoms with van der Waals surface area (Å²) in [5.41, 5.74) is 1.01. The fourth-order valence-corrected chi connectivity index (χ4v) is 4.20. The highest BCUT2D eigenvalue weighted by Crippen LogP contribution is 2.33. The summed E-state index contributed by atoms with van der Waals surface area (Å²) in [5, 5.41) is 2.80. The SMILES string of the molecule is CCCNC(=O)[C@H](C)N(Cc1ccccc1)C(=O)CN(c1ccc(OC)cc1OC)S(C)(=O)=O. The number of ether oxygens (including phenoxy) is 2. The van der Waals surface area contributed by atoms with Crippen molar-refractivity contribution >= 4 is 27.5 Å². The number of carbonyl (C=O) groups excluding carboxylic acids is 2. The Morgan fingerprint density at radius 1 is 1.06 bits per heavy atom. The van der Waals surface area contributed by atoms with Crippen LogP contribution in [0, 0.1) is 0 Å². The summed E-state index contributed by atoms with van der Waals surface area (Å²) in [6.07, 6.45) is 1.77. The monoisotopic (exact) mass is 491 g/mol. The number of anilines is 1. The Bertz CT molecular complexity index is 1080. The second kappa shape index (κ2) is 12.3. The lowest BCUT2D eigenvalue weighted by Crippen LogP contribution is -2.51. The molecule has 0 spiro atoms. The Morgan fingerprint density at radius 2 is 1.74 bits per heavy atom.